The van der Waals surface area contributed by atoms with E-state index in [9.17, 15) is 0 Å². The van der Waals surface area contributed by atoms with Gasteiger partial charge in [0.15, 0.2) is 11.6 Å². The van der Waals surface area contributed by atoms with E-state index in [4.69, 9.17) is 38.1 Å². The molecule has 4 aromatic rings. The number of anilines is 1. The first-order valence-corrected chi connectivity index (χ1v) is 9.75. The number of benzene rings is 2. The van der Waals surface area contributed by atoms with E-state index in [-0.39, 0.29) is 28.8 Å². The summed E-state index contributed by atoms with van der Waals surface area (Å²) in [5.41, 5.74) is 9.15. The SMILES string of the molecule is Cc1cc(C)c(-c2nnc(Cc3ccc(Cl)c(Oc4cc(N)cc(Cl)c4)c3F)o2)[nH]1. The molecule has 0 fully saturated rings. The van der Waals surface area contributed by atoms with E-state index in [1.54, 1.807) is 18.2 Å². The van der Waals surface area contributed by atoms with Crippen LogP contribution in [0.2, 0.25) is 10.0 Å². The molecule has 0 atom stereocenters. The number of hydrogen-bond acceptors (Lipinski definition) is 5. The molecule has 0 aliphatic heterocycles. The highest BCUT2D eigenvalue weighted by Gasteiger charge is 2.19. The average Bonchev–Trinajstić information content (AvgIpc) is 3.26. The van der Waals surface area contributed by atoms with Crippen LogP contribution in [0.15, 0.2) is 40.8 Å². The Hall–Kier alpha value is -3.03. The molecule has 0 saturated heterocycles. The Morgan fingerprint density at radius 3 is 2.63 bits per heavy atom. The molecule has 0 aliphatic carbocycles. The van der Waals surface area contributed by atoms with Gasteiger partial charge in [-0.2, -0.15) is 0 Å². The van der Waals surface area contributed by atoms with Gasteiger partial charge in [-0.3, -0.25) is 0 Å². The number of aromatic amines is 1. The summed E-state index contributed by atoms with van der Waals surface area (Å²) >= 11 is 12.1. The van der Waals surface area contributed by atoms with Gasteiger partial charge in [0, 0.05) is 28.0 Å². The standard InChI is InChI=1S/C21H17Cl2FN4O2/c1-10-5-11(2)26-19(10)21-28-27-17(30-21)6-12-3-4-16(23)20(18(12)24)29-15-8-13(22)7-14(25)9-15/h3-5,7-9,26H,6,25H2,1-2H3. The molecular weight excluding hydrogens is 430 g/mol. The van der Waals surface area contributed by atoms with Crippen molar-refractivity contribution in [3.63, 3.8) is 0 Å². The zero-order valence-electron chi connectivity index (χ0n) is 16.1. The van der Waals surface area contributed by atoms with E-state index in [0.29, 0.717) is 22.2 Å². The van der Waals surface area contributed by atoms with E-state index < -0.39 is 5.82 Å². The van der Waals surface area contributed by atoms with Crippen molar-refractivity contribution in [3.05, 3.63) is 75.0 Å². The second-order valence-corrected chi connectivity index (χ2v) is 7.70. The maximum absolute atomic E-state index is 15.1. The molecule has 0 radical (unpaired) electrons. The quantitative estimate of drug-likeness (QED) is 0.361. The van der Waals surface area contributed by atoms with Crippen LogP contribution in [0.4, 0.5) is 10.1 Å². The number of halogens is 3. The first-order chi connectivity index (χ1) is 14.3. The lowest BCUT2D eigenvalue weighted by Crippen LogP contribution is -1.98. The van der Waals surface area contributed by atoms with Crippen LogP contribution < -0.4 is 10.5 Å². The van der Waals surface area contributed by atoms with Gasteiger partial charge >= 0.3 is 0 Å². The number of nitrogen functional groups attached to an aromatic ring is 1. The molecule has 0 bridgehead atoms. The summed E-state index contributed by atoms with van der Waals surface area (Å²) in [6, 6.07) is 9.67. The first kappa shape index (κ1) is 20.3. The summed E-state index contributed by atoms with van der Waals surface area (Å²) in [4.78, 5) is 3.17. The molecule has 0 spiro atoms. The Balaban J connectivity index is 1.61. The molecular formula is C21H17Cl2FN4O2. The average molecular weight is 447 g/mol. The van der Waals surface area contributed by atoms with Gasteiger partial charge in [-0.25, -0.2) is 4.39 Å². The number of aryl methyl sites for hydroxylation is 2. The van der Waals surface area contributed by atoms with Crippen molar-refractivity contribution in [1.29, 1.82) is 0 Å². The van der Waals surface area contributed by atoms with E-state index >= 15 is 4.39 Å². The van der Waals surface area contributed by atoms with Gasteiger partial charge in [0.25, 0.3) is 5.89 Å². The molecule has 0 aliphatic rings. The minimum atomic E-state index is -0.632. The Morgan fingerprint density at radius 2 is 1.93 bits per heavy atom. The van der Waals surface area contributed by atoms with Gasteiger partial charge in [-0.15, -0.1) is 10.2 Å². The highest BCUT2D eigenvalue weighted by atomic mass is 35.5. The second-order valence-electron chi connectivity index (χ2n) is 6.86. The van der Waals surface area contributed by atoms with Crippen LogP contribution in [0.25, 0.3) is 11.6 Å². The van der Waals surface area contributed by atoms with Crippen LogP contribution in [0.3, 0.4) is 0 Å². The number of nitrogens with zero attached hydrogens (tertiary/aromatic N) is 2. The summed E-state index contributed by atoms with van der Waals surface area (Å²) in [6.07, 6.45) is 0.0722. The molecule has 9 heteroatoms. The molecule has 154 valence electrons. The number of nitrogens with one attached hydrogen (secondary N) is 1. The Kier molecular flexibility index (Phi) is 5.40. The predicted octanol–water partition coefficient (Wildman–Crippen LogP) is 6.09. The van der Waals surface area contributed by atoms with Gasteiger partial charge in [-0.05, 0) is 43.7 Å². The highest BCUT2D eigenvalue weighted by Crippen LogP contribution is 2.36. The molecule has 0 amide bonds. The fourth-order valence-corrected chi connectivity index (χ4v) is 3.52. The van der Waals surface area contributed by atoms with Crippen LogP contribution in [0.1, 0.15) is 22.7 Å². The molecule has 2 aromatic carbocycles. The molecule has 0 unspecified atom stereocenters. The lowest BCUT2D eigenvalue weighted by atomic mass is 10.1. The van der Waals surface area contributed by atoms with Crippen molar-refractivity contribution in [2.75, 3.05) is 5.73 Å². The predicted molar refractivity (Wildman–Crippen MR) is 114 cm³/mol. The minimum Gasteiger partial charge on any atom is -0.453 e. The van der Waals surface area contributed by atoms with Crippen molar-refractivity contribution in [2.24, 2.45) is 0 Å². The molecule has 0 saturated carbocycles. The van der Waals surface area contributed by atoms with Crippen molar-refractivity contribution in [3.8, 4) is 23.1 Å². The second kappa shape index (κ2) is 8.01. The van der Waals surface area contributed by atoms with E-state index in [1.165, 1.54) is 12.1 Å². The van der Waals surface area contributed by atoms with Crippen LogP contribution in [0.5, 0.6) is 11.5 Å². The number of hydrogen-bond donors (Lipinski definition) is 2. The van der Waals surface area contributed by atoms with Crippen LogP contribution in [-0.2, 0) is 6.42 Å². The van der Waals surface area contributed by atoms with E-state index in [0.717, 1.165) is 17.0 Å². The zero-order valence-corrected chi connectivity index (χ0v) is 17.6. The summed E-state index contributed by atoms with van der Waals surface area (Å²) in [5, 5.41) is 8.56. The number of aromatic nitrogens is 3. The molecule has 2 aromatic heterocycles. The van der Waals surface area contributed by atoms with Crippen LogP contribution >= 0.6 is 23.2 Å². The van der Waals surface area contributed by atoms with Gasteiger partial charge < -0.3 is 19.9 Å². The molecule has 2 heterocycles. The summed E-state index contributed by atoms with van der Waals surface area (Å²) in [7, 11) is 0. The fraction of sp³-hybridized carbons (Fsp3) is 0.143. The number of nitrogens with two attached hydrogens (primary N) is 1. The van der Waals surface area contributed by atoms with Crippen molar-refractivity contribution in [1.82, 2.24) is 15.2 Å². The monoisotopic (exact) mass is 446 g/mol. The van der Waals surface area contributed by atoms with E-state index in [1.807, 2.05) is 19.9 Å². The van der Waals surface area contributed by atoms with E-state index in [2.05, 4.69) is 15.2 Å². The maximum atomic E-state index is 15.1. The lowest BCUT2D eigenvalue weighted by Gasteiger charge is -2.12. The largest absolute Gasteiger partial charge is 0.453 e. The first-order valence-electron chi connectivity index (χ1n) is 9.00. The normalized spacial score (nSPS) is 11.1. The van der Waals surface area contributed by atoms with Gasteiger partial charge in [0.05, 0.1) is 11.4 Å². The topological polar surface area (TPSA) is 90.0 Å². The number of ether oxygens (including phenoxy) is 1. The molecule has 30 heavy (non-hydrogen) atoms. The van der Waals surface area contributed by atoms with Crippen LogP contribution in [0, 0.1) is 19.7 Å². The third kappa shape index (κ3) is 4.13. The Labute approximate surface area is 181 Å². The smallest absolute Gasteiger partial charge is 0.264 e. The maximum Gasteiger partial charge on any atom is 0.264 e. The lowest BCUT2D eigenvalue weighted by molar-refractivity contribution is 0.437. The van der Waals surface area contributed by atoms with Crippen molar-refractivity contribution in [2.45, 2.75) is 20.3 Å². The van der Waals surface area contributed by atoms with Gasteiger partial charge in [0.1, 0.15) is 11.4 Å². The highest BCUT2D eigenvalue weighted by molar-refractivity contribution is 6.32. The number of H-pyrrole nitrogens is 1. The third-order valence-electron chi connectivity index (χ3n) is 4.41. The number of rotatable bonds is 5. The summed E-state index contributed by atoms with van der Waals surface area (Å²) in [5.74, 6) is 0.112. The summed E-state index contributed by atoms with van der Waals surface area (Å²) < 4.78 is 26.5. The molecule has 3 N–H and O–H groups in total. The zero-order chi connectivity index (χ0) is 21.4. The summed E-state index contributed by atoms with van der Waals surface area (Å²) in [6.45, 7) is 3.87. The Bertz CT molecular complexity index is 1220. The minimum absolute atomic E-state index is 0.0722. The molecule has 4 rings (SSSR count). The van der Waals surface area contributed by atoms with Crippen molar-refractivity contribution < 1.29 is 13.5 Å². The van der Waals surface area contributed by atoms with Crippen LogP contribution in [-0.4, -0.2) is 15.2 Å². The Morgan fingerprint density at radius 1 is 1.13 bits per heavy atom. The van der Waals surface area contributed by atoms with Crippen molar-refractivity contribution >= 4 is 28.9 Å². The van der Waals surface area contributed by atoms with Gasteiger partial charge in [-0.1, -0.05) is 29.3 Å². The molecule has 6 nitrogen and oxygen atoms in total. The fourth-order valence-electron chi connectivity index (χ4n) is 3.10. The third-order valence-corrected chi connectivity index (χ3v) is 4.93. The van der Waals surface area contributed by atoms with Gasteiger partial charge in [0.2, 0.25) is 5.89 Å².